The van der Waals surface area contributed by atoms with Gasteiger partial charge in [0.15, 0.2) is 0 Å². The second-order valence-corrected chi connectivity index (χ2v) is 5.55. The van der Waals surface area contributed by atoms with E-state index in [-0.39, 0.29) is 53.2 Å². The Morgan fingerprint density at radius 1 is 1.30 bits per heavy atom. The zero-order chi connectivity index (χ0) is 16.1. The minimum atomic E-state index is -1.47. The van der Waals surface area contributed by atoms with Gasteiger partial charge in [-0.15, -0.1) is 0 Å². The van der Waals surface area contributed by atoms with Gasteiger partial charge in [0.2, 0.25) is 5.91 Å². The van der Waals surface area contributed by atoms with E-state index in [1.54, 1.807) is 37.3 Å². The predicted octanol–water partition coefficient (Wildman–Crippen LogP) is -3.05. The number of aliphatic carboxylic acids is 1. The Morgan fingerprint density at radius 3 is 2.39 bits per heavy atom. The van der Waals surface area contributed by atoms with Gasteiger partial charge in [-0.05, 0) is 12.5 Å². The molecule has 7 heteroatoms. The second-order valence-electron chi connectivity index (χ2n) is 5.55. The molecule has 1 unspecified atom stereocenters. The molecule has 0 aliphatic carbocycles. The van der Waals surface area contributed by atoms with Crippen molar-refractivity contribution in [1.82, 2.24) is 4.90 Å². The molecule has 3 rings (SSSR count). The van der Waals surface area contributed by atoms with Crippen LogP contribution >= 0.6 is 0 Å². The quantitative estimate of drug-likeness (QED) is 0.335. The summed E-state index contributed by atoms with van der Waals surface area (Å²) in [6.07, 6.45) is 0.110. The number of fused-ring (bicyclic) bond motifs is 1. The average molecular weight is 323 g/mol. The molecule has 2 atom stereocenters. The molecule has 0 N–H and O–H groups in total. The number of carboxylic acids is 1. The first-order valence-corrected chi connectivity index (χ1v) is 6.85. The maximum atomic E-state index is 12.4. The second kappa shape index (κ2) is 6.11. The number of benzene rings is 1. The van der Waals surface area contributed by atoms with Gasteiger partial charge in [-0.1, -0.05) is 30.3 Å². The van der Waals surface area contributed by atoms with E-state index in [0.29, 0.717) is 5.56 Å². The van der Waals surface area contributed by atoms with Crippen LogP contribution in [-0.2, 0) is 19.1 Å². The maximum absolute atomic E-state index is 12.4. The molecule has 1 fully saturated rings. The number of carbonyl (C=O) groups is 3. The Labute approximate surface area is 155 Å². The van der Waals surface area contributed by atoms with Crippen molar-refractivity contribution in [2.24, 2.45) is 5.41 Å². The molecule has 0 bridgehead atoms. The van der Waals surface area contributed by atoms with Crippen LogP contribution in [0.5, 0.6) is 0 Å². The number of nitrogens with zero attached hydrogens (tertiary/aromatic N) is 1. The SMILES string of the molecule is COC(=O)C1(C)C(c2ccccc2)=C(C(=O)[O-])N2C(=O)C[C@H]21.[Na+]. The van der Waals surface area contributed by atoms with Gasteiger partial charge in [0, 0.05) is 12.0 Å². The van der Waals surface area contributed by atoms with Crippen LogP contribution < -0.4 is 34.7 Å². The molecular weight excluding hydrogens is 309 g/mol. The number of carbonyl (C=O) groups excluding carboxylic acids is 3. The molecule has 1 amide bonds. The van der Waals surface area contributed by atoms with Crippen molar-refractivity contribution in [2.45, 2.75) is 19.4 Å². The van der Waals surface area contributed by atoms with Crippen LogP contribution in [0.15, 0.2) is 36.0 Å². The van der Waals surface area contributed by atoms with Gasteiger partial charge in [0.05, 0.1) is 24.8 Å². The van der Waals surface area contributed by atoms with Crippen molar-refractivity contribution in [3.05, 3.63) is 41.6 Å². The fourth-order valence-electron chi connectivity index (χ4n) is 3.38. The standard InChI is InChI=1S/C16H15NO5.Na/c1-16(15(21)22-2)10-8-11(18)17(10)13(14(19)20)12(16)9-6-4-3-5-7-9;/h3-7,10H,8H2,1-2H3,(H,19,20);/q;+1/p-1/t10-,16?;/m0./s1. The van der Waals surface area contributed by atoms with Gasteiger partial charge in [-0.25, -0.2) is 0 Å². The number of rotatable bonds is 3. The number of hydrogen-bond acceptors (Lipinski definition) is 5. The number of esters is 1. The van der Waals surface area contributed by atoms with E-state index in [4.69, 9.17) is 4.74 Å². The molecule has 0 spiro atoms. The van der Waals surface area contributed by atoms with Crippen molar-refractivity contribution in [2.75, 3.05) is 7.11 Å². The number of methoxy groups -OCH3 is 1. The summed E-state index contributed by atoms with van der Waals surface area (Å²) in [4.78, 5) is 37.0. The minimum Gasteiger partial charge on any atom is -0.543 e. The minimum absolute atomic E-state index is 0. The van der Waals surface area contributed by atoms with Gasteiger partial charge in [-0.3, -0.25) is 9.59 Å². The molecule has 2 aliphatic rings. The summed E-state index contributed by atoms with van der Waals surface area (Å²) in [6, 6.07) is 8.13. The molecule has 6 nitrogen and oxygen atoms in total. The number of hydrogen-bond donors (Lipinski definition) is 0. The summed E-state index contributed by atoms with van der Waals surface area (Å²) in [5.74, 6) is -2.36. The zero-order valence-corrected chi connectivity index (χ0v) is 15.2. The summed E-state index contributed by atoms with van der Waals surface area (Å²) in [6.45, 7) is 1.61. The predicted molar refractivity (Wildman–Crippen MR) is 73.7 cm³/mol. The summed E-state index contributed by atoms with van der Waals surface area (Å²) in [5.41, 5.74) is -0.618. The molecule has 0 saturated carbocycles. The first-order chi connectivity index (χ1) is 10.4. The molecule has 1 aromatic carbocycles. The van der Waals surface area contributed by atoms with Crippen LogP contribution in [0.3, 0.4) is 0 Å². The summed E-state index contributed by atoms with van der Waals surface area (Å²) in [5, 5.41) is 11.6. The van der Waals surface area contributed by atoms with Gasteiger partial charge in [0.1, 0.15) is 5.41 Å². The summed E-state index contributed by atoms with van der Waals surface area (Å²) < 4.78 is 4.88. The molecule has 0 radical (unpaired) electrons. The van der Waals surface area contributed by atoms with Crippen molar-refractivity contribution >= 4 is 23.4 Å². The molecule has 2 heterocycles. The monoisotopic (exact) mass is 323 g/mol. The smallest absolute Gasteiger partial charge is 0.543 e. The Balaban J connectivity index is 0.00000192. The fourth-order valence-corrected chi connectivity index (χ4v) is 3.38. The van der Waals surface area contributed by atoms with Gasteiger partial charge in [0.25, 0.3) is 0 Å². The molecular formula is C16H14NNaO5. The van der Waals surface area contributed by atoms with Crippen LogP contribution in [0.25, 0.3) is 5.57 Å². The topological polar surface area (TPSA) is 86.7 Å². The maximum Gasteiger partial charge on any atom is 1.00 e. The van der Waals surface area contributed by atoms with Crippen molar-refractivity contribution in [3.63, 3.8) is 0 Å². The third-order valence-electron chi connectivity index (χ3n) is 4.48. The Bertz CT molecular complexity index is 714. The van der Waals surface area contributed by atoms with E-state index in [9.17, 15) is 19.5 Å². The number of carboxylic acid groups (broad SMARTS) is 1. The van der Waals surface area contributed by atoms with E-state index < -0.39 is 23.4 Å². The van der Waals surface area contributed by atoms with Crippen LogP contribution in [0.4, 0.5) is 0 Å². The normalized spacial score (nSPS) is 25.4. The molecule has 1 aromatic rings. The fraction of sp³-hybridized carbons (Fsp3) is 0.312. The molecule has 114 valence electrons. The zero-order valence-electron chi connectivity index (χ0n) is 13.2. The first-order valence-electron chi connectivity index (χ1n) is 6.85. The van der Waals surface area contributed by atoms with Crippen LogP contribution in [0.1, 0.15) is 18.9 Å². The van der Waals surface area contributed by atoms with Crippen LogP contribution in [0, 0.1) is 5.41 Å². The third-order valence-corrected chi connectivity index (χ3v) is 4.48. The molecule has 23 heavy (non-hydrogen) atoms. The van der Waals surface area contributed by atoms with Crippen molar-refractivity contribution < 1.29 is 53.8 Å². The Hall–Kier alpha value is -1.63. The Kier molecular flexibility index (Phi) is 4.71. The van der Waals surface area contributed by atoms with Gasteiger partial charge >= 0.3 is 35.5 Å². The average Bonchev–Trinajstić information content (AvgIpc) is 2.73. The molecule has 0 aromatic heterocycles. The molecule has 1 saturated heterocycles. The number of ether oxygens (including phenoxy) is 1. The van der Waals surface area contributed by atoms with Crippen LogP contribution in [-0.4, -0.2) is 35.9 Å². The van der Waals surface area contributed by atoms with Gasteiger partial charge in [-0.2, -0.15) is 0 Å². The van der Waals surface area contributed by atoms with Crippen LogP contribution in [0.2, 0.25) is 0 Å². The first kappa shape index (κ1) is 17.7. The largest absolute Gasteiger partial charge is 1.00 e. The third kappa shape index (κ3) is 2.33. The van der Waals surface area contributed by atoms with E-state index in [1.807, 2.05) is 0 Å². The van der Waals surface area contributed by atoms with E-state index in [2.05, 4.69) is 0 Å². The van der Waals surface area contributed by atoms with Crippen molar-refractivity contribution in [3.8, 4) is 0 Å². The number of β-lactam (4-membered cyclic amide) rings is 1. The van der Waals surface area contributed by atoms with Crippen molar-refractivity contribution in [1.29, 1.82) is 0 Å². The number of amides is 1. The summed E-state index contributed by atoms with van der Waals surface area (Å²) in [7, 11) is 1.25. The molecule has 2 aliphatic heterocycles. The summed E-state index contributed by atoms with van der Waals surface area (Å²) >= 11 is 0. The van der Waals surface area contributed by atoms with Gasteiger partial charge < -0.3 is 19.5 Å². The van der Waals surface area contributed by atoms with E-state index in [0.717, 1.165) is 4.90 Å². The van der Waals surface area contributed by atoms with E-state index in [1.165, 1.54) is 7.11 Å². The Morgan fingerprint density at radius 2 is 1.91 bits per heavy atom. The van der Waals surface area contributed by atoms with E-state index >= 15 is 0 Å².